The summed E-state index contributed by atoms with van der Waals surface area (Å²) in [5, 5.41) is 8.31. The summed E-state index contributed by atoms with van der Waals surface area (Å²) in [6.07, 6.45) is 1.86. The van der Waals surface area contributed by atoms with Crippen LogP contribution in [0.5, 0.6) is 0 Å². The molecule has 0 unspecified atom stereocenters. The third-order valence-corrected chi connectivity index (χ3v) is 6.32. The lowest BCUT2D eigenvalue weighted by Crippen LogP contribution is -2.35. The maximum atomic E-state index is 14.2. The van der Waals surface area contributed by atoms with Crippen molar-refractivity contribution >= 4 is 33.2 Å². The number of nitrogens with zero attached hydrogens (tertiary/aromatic N) is 1. The molecule has 2 aromatic rings. The molecule has 0 radical (unpaired) electrons. The molecule has 29 heavy (non-hydrogen) atoms. The van der Waals surface area contributed by atoms with Gasteiger partial charge in [0.15, 0.2) is 0 Å². The number of nitrogens with two attached hydrogens (primary N) is 1. The number of rotatable bonds is 7. The predicted octanol–water partition coefficient (Wildman–Crippen LogP) is 3.35. The van der Waals surface area contributed by atoms with Crippen molar-refractivity contribution in [2.24, 2.45) is 5.14 Å². The van der Waals surface area contributed by atoms with Crippen molar-refractivity contribution in [2.75, 3.05) is 11.9 Å². The highest BCUT2D eigenvalue weighted by Gasteiger charge is 2.31. The molecule has 156 valence electrons. The van der Waals surface area contributed by atoms with Gasteiger partial charge in [-0.2, -0.15) is 0 Å². The van der Waals surface area contributed by atoms with Crippen molar-refractivity contribution in [3.05, 3.63) is 57.9 Å². The molecule has 3 N–H and O–H groups in total. The number of hydrogen-bond donors (Lipinski definition) is 2. The molecule has 0 aliphatic heterocycles. The van der Waals surface area contributed by atoms with E-state index in [1.54, 1.807) is 26.0 Å². The van der Waals surface area contributed by atoms with Gasteiger partial charge in [-0.05, 0) is 62.1 Å². The molecule has 1 fully saturated rings. The first kappa shape index (κ1) is 21.7. The van der Waals surface area contributed by atoms with E-state index < -0.39 is 15.8 Å². The van der Waals surface area contributed by atoms with Gasteiger partial charge in [-0.3, -0.25) is 9.69 Å². The maximum absolute atomic E-state index is 14.2. The Labute approximate surface area is 174 Å². The van der Waals surface area contributed by atoms with E-state index in [9.17, 15) is 17.6 Å². The molecule has 1 saturated carbocycles. The first-order chi connectivity index (χ1) is 13.6. The number of sulfonamides is 1. The van der Waals surface area contributed by atoms with Gasteiger partial charge in [-0.15, -0.1) is 0 Å². The van der Waals surface area contributed by atoms with Gasteiger partial charge in [-0.1, -0.05) is 17.7 Å². The first-order valence-electron chi connectivity index (χ1n) is 9.17. The van der Waals surface area contributed by atoms with E-state index in [4.69, 9.17) is 16.7 Å². The molecule has 0 atom stereocenters. The minimum Gasteiger partial charge on any atom is -0.325 e. The Balaban J connectivity index is 1.78. The number of carbonyl (C=O) groups excluding carboxylic acids is 1. The molecular weight excluding hydrogens is 417 g/mol. The van der Waals surface area contributed by atoms with Gasteiger partial charge in [0, 0.05) is 28.9 Å². The molecule has 0 spiro atoms. The second kappa shape index (κ2) is 8.39. The lowest BCUT2D eigenvalue weighted by Gasteiger charge is -2.23. The zero-order valence-electron chi connectivity index (χ0n) is 16.2. The van der Waals surface area contributed by atoms with E-state index in [0.717, 1.165) is 18.4 Å². The Morgan fingerprint density at radius 1 is 1.31 bits per heavy atom. The summed E-state index contributed by atoms with van der Waals surface area (Å²) in [7, 11) is -3.90. The molecule has 0 saturated heterocycles. The standard InChI is InChI=1S/C20H23ClFN3O3S/c1-12-8-15(29(23,27)28)9-19(13(12)2)24-20(26)11-25(14-6-7-14)10-16-17(21)4-3-5-18(16)22/h3-5,8-9,14H,6-7,10-11H2,1-2H3,(H,24,26)(H2,23,27,28). The monoisotopic (exact) mass is 439 g/mol. The number of hydrogen-bond acceptors (Lipinski definition) is 4. The van der Waals surface area contributed by atoms with Crippen LogP contribution in [-0.2, 0) is 21.4 Å². The van der Waals surface area contributed by atoms with Crippen LogP contribution in [-0.4, -0.2) is 31.8 Å². The molecule has 3 rings (SSSR count). The lowest BCUT2D eigenvalue weighted by molar-refractivity contribution is -0.117. The minimum atomic E-state index is -3.90. The van der Waals surface area contributed by atoms with Gasteiger partial charge >= 0.3 is 0 Å². The van der Waals surface area contributed by atoms with Gasteiger partial charge < -0.3 is 5.32 Å². The Kier molecular flexibility index (Phi) is 6.28. The highest BCUT2D eigenvalue weighted by molar-refractivity contribution is 7.89. The number of halogens is 2. The van der Waals surface area contributed by atoms with Crippen LogP contribution in [0.15, 0.2) is 35.2 Å². The first-order valence-corrected chi connectivity index (χ1v) is 11.1. The Morgan fingerprint density at radius 3 is 2.59 bits per heavy atom. The van der Waals surface area contributed by atoms with E-state index in [1.807, 2.05) is 4.90 Å². The van der Waals surface area contributed by atoms with Gasteiger partial charge in [0.25, 0.3) is 0 Å². The highest BCUT2D eigenvalue weighted by atomic mass is 35.5. The number of anilines is 1. The SMILES string of the molecule is Cc1cc(S(N)(=O)=O)cc(NC(=O)CN(Cc2c(F)cccc2Cl)C2CC2)c1C. The predicted molar refractivity (Wildman–Crippen MR) is 111 cm³/mol. The molecule has 1 aliphatic rings. The largest absolute Gasteiger partial charge is 0.325 e. The fraction of sp³-hybridized carbons (Fsp3) is 0.350. The Morgan fingerprint density at radius 2 is 2.00 bits per heavy atom. The van der Waals surface area contributed by atoms with Crippen molar-refractivity contribution in [1.29, 1.82) is 0 Å². The number of nitrogens with one attached hydrogen (secondary N) is 1. The van der Waals surface area contributed by atoms with Crippen LogP contribution < -0.4 is 10.5 Å². The van der Waals surface area contributed by atoms with Crippen molar-refractivity contribution in [3.63, 3.8) is 0 Å². The van der Waals surface area contributed by atoms with Gasteiger partial charge in [-0.25, -0.2) is 17.9 Å². The number of amides is 1. The molecule has 1 aliphatic carbocycles. The van der Waals surface area contributed by atoms with E-state index in [2.05, 4.69) is 5.32 Å². The quantitative estimate of drug-likeness (QED) is 0.692. The zero-order valence-corrected chi connectivity index (χ0v) is 17.8. The summed E-state index contributed by atoms with van der Waals surface area (Å²) in [6.45, 7) is 3.79. The number of carbonyl (C=O) groups is 1. The normalized spacial score (nSPS) is 14.3. The Hall–Kier alpha value is -2.00. The van der Waals surface area contributed by atoms with Crippen LogP contribution in [0, 0.1) is 19.7 Å². The molecule has 9 heteroatoms. The molecule has 6 nitrogen and oxygen atoms in total. The van der Waals surface area contributed by atoms with E-state index in [0.29, 0.717) is 21.8 Å². The fourth-order valence-electron chi connectivity index (χ4n) is 3.13. The third kappa shape index (κ3) is 5.33. The summed E-state index contributed by atoms with van der Waals surface area (Å²) in [5.41, 5.74) is 2.20. The summed E-state index contributed by atoms with van der Waals surface area (Å²) >= 11 is 6.13. The van der Waals surface area contributed by atoms with Crippen molar-refractivity contribution < 1.29 is 17.6 Å². The van der Waals surface area contributed by atoms with E-state index in [-0.39, 0.29) is 29.9 Å². The van der Waals surface area contributed by atoms with Crippen LogP contribution in [0.1, 0.15) is 29.5 Å². The average Bonchev–Trinajstić information content (AvgIpc) is 3.45. The molecule has 0 bridgehead atoms. The zero-order chi connectivity index (χ0) is 21.3. The fourth-order valence-corrected chi connectivity index (χ4v) is 3.98. The number of primary sulfonamides is 1. The van der Waals surface area contributed by atoms with Crippen LogP contribution in [0.2, 0.25) is 5.02 Å². The van der Waals surface area contributed by atoms with Gasteiger partial charge in [0.1, 0.15) is 5.82 Å². The highest BCUT2D eigenvalue weighted by Crippen LogP contribution is 2.31. The summed E-state index contributed by atoms with van der Waals surface area (Å²) in [6, 6.07) is 7.52. The third-order valence-electron chi connectivity index (χ3n) is 5.08. The van der Waals surface area contributed by atoms with Crippen LogP contribution in [0.25, 0.3) is 0 Å². The van der Waals surface area contributed by atoms with Crippen LogP contribution in [0.4, 0.5) is 10.1 Å². The van der Waals surface area contributed by atoms with Crippen LogP contribution >= 0.6 is 11.6 Å². The second-order valence-corrected chi connectivity index (χ2v) is 9.31. The smallest absolute Gasteiger partial charge is 0.238 e. The van der Waals surface area contributed by atoms with E-state index in [1.165, 1.54) is 18.2 Å². The molecule has 1 amide bonds. The summed E-state index contributed by atoms with van der Waals surface area (Å²) in [4.78, 5) is 14.5. The van der Waals surface area contributed by atoms with Crippen molar-refractivity contribution in [3.8, 4) is 0 Å². The Bertz CT molecular complexity index is 1030. The lowest BCUT2D eigenvalue weighted by atomic mass is 10.1. The van der Waals surface area contributed by atoms with Gasteiger partial charge in [0.05, 0.1) is 11.4 Å². The second-order valence-electron chi connectivity index (χ2n) is 7.34. The summed E-state index contributed by atoms with van der Waals surface area (Å²) < 4.78 is 37.5. The van der Waals surface area contributed by atoms with Gasteiger partial charge in [0.2, 0.25) is 15.9 Å². The topological polar surface area (TPSA) is 92.5 Å². The number of aryl methyl sites for hydroxylation is 1. The molecule has 2 aromatic carbocycles. The van der Waals surface area contributed by atoms with Crippen molar-refractivity contribution in [2.45, 2.75) is 44.2 Å². The van der Waals surface area contributed by atoms with Crippen molar-refractivity contribution in [1.82, 2.24) is 4.90 Å². The average molecular weight is 440 g/mol. The molecule has 0 aromatic heterocycles. The minimum absolute atomic E-state index is 0.0351. The molecule has 0 heterocycles. The molecular formula is C20H23ClFN3O3S. The van der Waals surface area contributed by atoms with E-state index >= 15 is 0 Å². The maximum Gasteiger partial charge on any atom is 0.238 e. The van der Waals surface area contributed by atoms with Crippen LogP contribution in [0.3, 0.4) is 0 Å². The number of benzene rings is 2. The summed E-state index contributed by atoms with van der Waals surface area (Å²) in [5.74, 6) is -0.727.